The van der Waals surface area contributed by atoms with Crippen molar-refractivity contribution < 1.29 is 17.9 Å². The quantitative estimate of drug-likeness (QED) is 0.707. The van der Waals surface area contributed by atoms with Crippen molar-refractivity contribution in [1.29, 1.82) is 0 Å². The van der Waals surface area contributed by atoms with Crippen LogP contribution in [0.4, 0.5) is 4.79 Å². The van der Waals surface area contributed by atoms with E-state index in [1.807, 2.05) is 13.8 Å². The molecule has 0 aliphatic carbocycles. The first kappa shape index (κ1) is 21.0. The van der Waals surface area contributed by atoms with Crippen LogP contribution in [0.25, 0.3) is 0 Å². The van der Waals surface area contributed by atoms with Crippen LogP contribution in [0.2, 0.25) is 5.02 Å². The highest BCUT2D eigenvalue weighted by Gasteiger charge is 2.30. The predicted molar refractivity (Wildman–Crippen MR) is 101 cm³/mol. The fourth-order valence-electron chi connectivity index (χ4n) is 2.61. The Morgan fingerprint density at radius 2 is 1.96 bits per heavy atom. The molecule has 0 aromatic heterocycles. The molecule has 1 aromatic rings. The van der Waals surface area contributed by atoms with E-state index in [2.05, 4.69) is 5.32 Å². The summed E-state index contributed by atoms with van der Waals surface area (Å²) in [6, 6.07) is 6.04. The average Bonchev–Trinajstić information content (AvgIpc) is 2.61. The third-order valence-corrected chi connectivity index (χ3v) is 6.14. The van der Waals surface area contributed by atoms with E-state index in [0.717, 1.165) is 6.42 Å². The van der Waals surface area contributed by atoms with Crippen LogP contribution < -0.4 is 5.32 Å². The number of amides is 2. The summed E-state index contributed by atoms with van der Waals surface area (Å²) in [5, 5.41) is 3.22. The lowest BCUT2D eigenvalue weighted by Gasteiger charge is -2.34. The molecule has 1 N–H and O–H groups in total. The number of sulfonamides is 1. The van der Waals surface area contributed by atoms with Crippen LogP contribution in [0, 0.1) is 0 Å². The van der Waals surface area contributed by atoms with Gasteiger partial charge >= 0.3 is 6.03 Å². The third-order valence-electron chi connectivity index (χ3n) is 4.01. The van der Waals surface area contributed by atoms with Gasteiger partial charge in [-0.25, -0.2) is 13.2 Å². The summed E-state index contributed by atoms with van der Waals surface area (Å²) in [6.45, 7) is 6.31. The number of nitrogens with zero attached hydrogens (tertiary/aromatic N) is 2. The first-order valence-corrected chi connectivity index (χ1v) is 10.5. The number of carbonyl (C=O) groups is 1. The first-order valence-electron chi connectivity index (χ1n) is 8.71. The smallest absolute Gasteiger partial charge is 0.317 e. The van der Waals surface area contributed by atoms with E-state index in [-0.39, 0.29) is 30.1 Å². The largest absolute Gasteiger partial charge is 0.379 e. The molecule has 1 heterocycles. The van der Waals surface area contributed by atoms with Crippen molar-refractivity contribution in [1.82, 2.24) is 14.5 Å². The van der Waals surface area contributed by atoms with Crippen LogP contribution in [-0.2, 0) is 14.8 Å². The molecule has 1 saturated heterocycles. The van der Waals surface area contributed by atoms with E-state index in [1.165, 1.54) is 16.4 Å². The normalized spacial score (nSPS) is 16.1. The molecule has 7 nitrogen and oxygen atoms in total. The van der Waals surface area contributed by atoms with E-state index in [1.54, 1.807) is 17.0 Å². The van der Waals surface area contributed by atoms with Gasteiger partial charge < -0.3 is 15.0 Å². The van der Waals surface area contributed by atoms with Crippen LogP contribution in [-0.4, -0.2) is 69.1 Å². The van der Waals surface area contributed by atoms with Crippen molar-refractivity contribution in [2.75, 3.05) is 39.3 Å². The van der Waals surface area contributed by atoms with Gasteiger partial charge in [0.05, 0.1) is 11.0 Å². The molecule has 2 rings (SSSR count). The number of rotatable bonds is 7. The van der Waals surface area contributed by atoms with Crippen LogP contribution in [0.5, 0.6) is 0 Å². The maximum atomic E-state index is 12.6. The molecule has 1 aliphatic rings. The molecule has 0 atom stereocenters. The molecule has 0 bridgehead atoms. The fourth-order valence-corrected chi connectivity index (χ4v) is 4.33. The Bertz CT molecular complexity index is 704. The predicted octanol–water partition coefficient (Wildman–Crippen LogP) is 2.17. The average molecular weight is 404 g/mol. The SMILES string of the molecule is CC(C)OCCCNC(=O)N1CCN(S(=O)(=O)c2cccc(Cl)c2)CC1. The maximum absolute atomic E-state index is 12.6. The van der Waals surface area contributed by atoms with Gasteiger partial charge in [0.15, 0.2) is 0 Å². The number of ether oxygens (including phenoxy) is 1. The number of hydrogen-bond acceptors (Lipinski definition) is 4. The fraction of sp³-hybridized carbons (Fsp3) is 0.588. The molecule has 2 amide bonds. The Labute approximate surface area is 160 Å². The van der Waals surface area contributed by atoms with Gasteiger partial charge in [0.1, 0.15) is 0 Å². The van der Waals surface area contributed by atoms with Gasteiger partial charge in [-0.05, 0) is 38.5 Å². The van der Waals surface area contributed by atoms with Crippen molar-refractivity contribution in [3.63, 3.8) is 0 Å². The Hall–Kier alpha value is -1.35. The van der Waals surface area contributed by atoms with Crippen LogP contribution in [0.3, 0.4) is 0 Å². The summed E-state index contributed by atoms with van der Waals surface area (Å²) in [4.78, 5) is 14.0. The van der Waals surface area contributed by atoms with Crippen molar-refractivity contribution in [3.05, 3.63) is 29.3 Å². The van der Waals surface area contributed by atoms with Gasteiger partial charge in [0, 0.05) is 44.4 Å². The minimum atomic E-state index is -3.59. The zero-order valence-electron chi connectivity index (χ0n) is 15.2. The van der Waals surface area contributed by atoms with Crippen LogP contribution in [0.1, 0.15) is 20.3 Å². The lowest BCUT2D eigenvalue weighted by Crippen LogP contribution is -2.53. The Balaban J connectivity index is 1.80. The summed E-state index contributed by atoms with van der Waals surface area (Å²) < 4.78 is 32.1. The zero-order chi connectivity index (χ0) is 19.2. The van der Waals surface area contributed by atoms with Gasteiger partial charge in [-0.3, -0.25) is 0 Å². The van der Waals surface area contributed by atoms with Gasteiger partial charge in [-0.15, -0.1) is 0 Å². The van der Waals surface area contributed by atoms with E-state index >= 15 is 0 Å². The molecule has 0 saturated carbocycles. The summed E-state index contributed by atoms with van der Waals surface area (Å²) in [7, 11) is -3.59. The molecule has 1 aromatic carbocycles. The Morgan fingerprint density at radius 3 is 2.58 bits per heavy atom. The molecule has 9 heteroatoms. The molecule has 1 aliphatic heterocycles. The first-order chi connectivity index (χ1) is 12.3. The highest BCUT2D eigenvalue weighted by molar-refractivity contribution is 7.89. The summed E-state index contributed by atoms with van der Waals surface area (Å²) >= 11 is 5.89. The Kier molecular flexibility index (Phi) is 7.69. The number of halogens is 1. The number of benzene rings is 1. The summed E-state index contributed by atoms with van der Waals surface area (Å²) in [5.41, 5.74) is 0. The maximum Gasteiger partial charge on any atom is 0.317 e. The van der Waals surface area contributed by atoms with Crippen molar-refractivity contribution in [3.8, 4) is 0 Å². The Morgan fingerprint density at radius 1 is 1.27 bits per heavy atom. The van der Waals surface area contributed by atoms with Gasteiger partial charge in [0.2, 0.25) is 10.0 Å². The van der Waals surface area contributed by atoms with Crippen molar-refractivity contribution in [2.24, 2.45) is 0 Å². The third kappa shape index (κ3) is 5.84. The number of piperazine rings is 1. The minimum Gasteiger partial charge on any atom is -0.379 e. The van der Waals surface area contributed by atoms with Crippen LogP contribution >= 0.6 is 11.6 Å². The van der Waals surface area contributed by atoms with Gasteiger partial charge in [0.25, 0.3) is 0 Å². The number of carbonyl (C=O) groups excluding carboxylic acids is 1. The highest BCUT2D eigenvalue weighted by atomic mass is 35.5. The van der Waals surface area contributed by atoms with Gasteiger partial charge in [-0.2, -0.15) is 4.31 Å². The number of hydrogen-bond donors (Lipinski definition) is 1. The van der Waals surface area contributed by atoms with E-state index in [4.69, 9.17) is 16.3 Å². The molecule has 0 radical (unpaired) electrons. The van der Waals surface area contributed by atoms with Gasteiger partial charge in [-0.1, -0.05) is 17.7 Å². The minimum absolute atomic E-state index is 0.172. The molecule has 0 unspecified atom stereocenters. The summed E-state index contributed by atoms with van der Waals surface area (Å²) in [5.74, 6) is 0. The number of urea groups is 1. The molecule has 1 fully saturated rings. The van der Waals surface area contributed by atoms with Crippen LogP contribution in [0.15, 0.2) is 29.2 Å². The lowest BCUT2D eigenvalue weighted by molar-refractivity contribution is 0.0770. The van der Waals surface area contributed by atoms with Crippen molar-refractivity contribution >= 4 is 27.7 Å². The van der Waals surface area contributed by atoms with E-state index < -0.39 is 10.0 Å². The standard InChI is InChI=1S/C17H26ClN3O4S/c1-14(2)25-12-4-7-19-17(22)20-8-10-21(11-9-20)26(23,24)16-6-3-5-15(18)13-16/h3,5-6,13-14H,4,7-12H2,1-2H3,(H,19,22). The second kappa shape index (κ2) is 9.55. The highest BCUT2D eigenvalue weighted by Crippen LogP contribution is 2.20. The second-order valence-electron chi connectivity index (χ2n) is 6.35. The molecular formula is C17H26ClN3O4S. The van der Waals surface area contributed by atoms with E-state index in [0.29, 0.717) is 31.3 Å². The number of nitrogens with one attached hydrogen (secondary N) is 1. The molecule has 146 valence electrons. The second-order valence-corrected chi connectivity index (χ2v) is 8.73. The molecular weight excluding hydrogens is 378 g/mol. The zero-order valence-corrected chi connectivity index (χ0v) is 16.7. The summed E-state index contributed by atoms with van der Waals surface area (Å²) in [6.07, 6.45) is 0.924. The molecule has 26 heavy (non-hydrogen) atoms. The van der Waals surface area contributed by atoms with Crippen molar-refractivity contribution in [2.45, 2.75) is 31.3 Å². The topological polar surface area (TPSA) is 79.0 Å². The monoisotopic (exact) mass is 403 g/mol. The van der Waals surface area contributed by atoms with E-state index in [9.17, 15) is 13.2 Å². The molecule has 0 spiro atoms. The lowest BCUT2D eigenvalue weighted by atomic mass is 10.4.